The van der Waals surface area contributed by atoms with E-state index in [1.807, 2.05) is 19.1 Å². The largest absolute Gasteiger partial charge is 0.483 e. The maximum absolute atomic E-state index is 6.05. The van der Waals surface area contributed by atoms with Gasteiger partial charge in [-0.05, 0) is 45.4 Å². The van der Waals surface area contributed by atoms with Crippen molar-refractivity contribution >= 4 is 11.8 Å². The molecule has 1 unspecified atom stereocenters. The summed E-state index contributed by atoms with van der Waals surface area (Å²) in [4.78, 5) is 0. The molecule has 3 rings (SSSR count). The molecular formula is C21H25N3OS. The Hall–Kier alpha value is -2.27. The van der Waals surface area contributed by atoms with E-state index in [1.165, 1.54) is 16.7 Å². The summed E-state index contributed by atoms with van der Waals surface area (Å²) in [7, 11) is 0. The topological polar surface area (TPSA) is 39.9 Å². The van der Waals surface area contributed by atoms with E-state index in [0.29, 0.717) is 0 Å². The third-order valence-corrected chi connectivity index (χ3v) is 5.29. The van der Waals surface area contributed by atoms with Crippen molar-refractivity contribution in [2.45, 2.75) is 51.3 Å². The molecule has 0 saturated heterocycles. The Morgan fingerprint density at radius 2 is 1.58 bits per heavy atom. The highest BCUT2D eigenvalue weighted by atomic mass is 32.2. The number of thioether (sulfide) groups is 1. The summed E-state index contributed by atoms with van der Waals surface area (Å²) < 4.78 is 8.19. The van der Waals surface area contributed by atoms with E-state index >= 15 is 0 Å². The fourth-order valence-corrected chi connectivity index (χ4v) is 3.68. The number of ether oxygens (including phenoxy) is 1. The van der Waals surface area contributed by atoms with Gasteiger partial charge in [-0.25, -0.2) is 0 Å². The highest BCUT2D eigenvalue weighted by molar-refractivity contribution is 7.98. The minimum Gasteiger partial charge on any atom is -0.483 e. The maximum Gasteiger partial charge on any atom is 0.191 e. The fourth-order valence-electron chi connectivity index (χ4n) is 2.71. The Balaban J connectivity index is 1.70. The van der Waals surface area contributed by atoms with Gasteiger partial charge in [0, 0.05) is 12.3 Å². The zero-order valence-corrected chi connectivity index (χ0v) is 16.6. The Bertz CT molecular complexity index is 841. The van der Waals surface area contributed by atoms with Crippen LogP contribution in [-0.4, -0.2) is 14.8 Å². The second kappa shape index (κ2) is 8.41. The van der Waals surface area contributed by atoms with Crippen LogP contribution < -0.4 is 4.74 Å². The average molecular weight is 368 g/mol. The first-order chi connectivity index (χ1) is 12.6. The van der Waals surface area contributed by atoms with Gasteiger partial charge in [0.1, 0.15) is 5.75 Å². The van der Waals surface area contributed by atoms with Gasteiger partial charge in [0.05, 0.1) is 0 Å². The first-order valence-corrected chi connectivity index (χ1v) is 9.90. The summed E-state index contributed by atoms with van der Waals surface area (Å²) >= 11 is 1.71. The van der Waals surface area contributed by atoms with Gasteiger partial charge >= 0.3 is 0 Å². The third-order valence-electron chi connectivity index (χ3n) is 4.25. The van der Waals surface area contributed by atoms with Crippen LogP contribution in [0.1, 0.15) is 42.5 Å². The van der Waals surface area contributed by atoms with Gasteiger partial charge in [0.15, 0.2) is 17.1 Å². The summed E-state index contributed by atoms with van der Waals surface area (Å²) in [6.07, 6.45) is -0.154. The molecule has 3 aromatic rings. The summed E-state index contributed by atoms with van der Waals surface area (Å²) in [5, 5.41) is 9.72. The van der Waals surface area contributed by atoms with Crippen molar-refractivity contribution in [1.29, 1.82) is 0 Å². The number of aryl methyl sites for hydroxylation is 2. The number of hydrogen-bond acceptors (Lipinski definition) is 4. The molecule has 0 spiro atoms. The Morgan fingerprint density at radius 1 is 0.962 bits per heavy atom. The van der Waals surface area contributed by atoms with Crippen molar-refractivity contribution in [2.75, 3.05) is 0 Å². The standard InChI is InChI=1S/C21H25N3OS/c1-5-24-20(17(4)25-19-12-8-16(3)9-13-19)22-23-21(24)26-14-18-10-6-15(2)7-11-18/h6-13,17H,5,14H2,1-4H3. The molecule has 0 fully saturated rings. The van der Waals surface area contributed by atoms with Gasteiger partial charge in [-0.15, -0.1) is 10.2 Å². The predicted molar refractivity (Wildman–Crippen MR) is 107 cm³/mol. The summed E-state index contributed by atoms with van der Waals surface area (Å²) in [5.74, 6) is 2.59. The Kier molecular flexibility index (Phi) is 5.99. The quantitative estimate of drug-likeness (QED) is 0.528. The van der Waals surface area contributed by atoms with E-state index in [-0.39, 0.29) is 6.10 Å². The molecule has 0 N–H and O–H groups in total. The van der Waals surface area contributed by atoms with Crippen LogP contribution in [0.5, 0.6) is 5.75 Å². The average Bonchev–Trinajstić information content (AvgIpc) is 3.06. The lowest BCUT2D eigenvalue weighted by atomic mass is 10.2. The smallest absolute Gasteiger partial charge is 0.191 e. The first kappa shape index (κ1) is 18.5. The molecule has 1 aromatic heterocycles. The second-order valence-corrected chi connectivity index (χ2v) is 7.37. The number of hydrogen-bond donors (Lipinski definition) is 0. The highest BCUT2D eigenvalue weighted by Crippen LogP contribution is 2.26. The monoisotopic (exact) mass is 367 g/mol. The summed E-state index contributed by atoms with van der Waals surface area (Å²) in [6, 6.07) is 16.7. The van der Waals surface area contributed by atoms with Crippen molar-refractivity contribution in [3.05, 3.63) is 71.0 Å². The van der Waals surface area contributed by atoms with Crippen LogP contribution in [0.15, 0.2) is 53.7 Å². The van der Waals surface area contributed by atoms with Gasteiger partial charge < -0.3 is 9.30 Å². The lowest BCUT2D eigenvalue weighted by molar-refractivity contribution is 0.210. The Morgan fingerprint density at radius 3 is 2.19 bits per heavy atom. The number of aromatic nitrogens is 3. The van der Waals surface area contributed by atoms with E-state index in [0.717, 1.165) is 29.0 Å². The van der Waals surface area contributed by atoms with Crippen LogP contribution in [0, 0.1) is 13.8 Å². The molecule has 0 aliphatic rings. The highest BCUT2D eigenvalue weighted by Gasteiger charge is 2.18. The van der Waals surface area contributed by atoms with Crippen molar-refractivity contribution < 1.29 is 4.74 Å². The lowest BCUT2D eigenvalue weighted by Gasteiger charge is -2.15. The zero-order chi connectivity index (χ0) is 18.5. The molecule has 136 valence electrons. The third kappa shape index (κ3) is 4.47. The van der Waals surface area contributed by atoms with E-state index < -0.39 is 0 Å². The number of nitrogens with zero attached hydrogens (tertiary/aromatic N) is 3. The van der Waals surface area contributed by atoms with Gasteiger partial charge in [0.25, 0.3) is 0 Å². The van der Waals surface area contributed by atoms with Crippen molar-refractivity contribution in [2.24, 2.45) is 0 Å². The van der Waals surface area contributed by atoms with Gasteiger partial charge in [0.2, 0.25) is 0 Å². The molecule has 1 atom stereocenters. The lowest BCUT2D eigenvalue weighted by Crippen LogP contribution is -2.12. The van der Waals surface area contributed by atoms with E-state index in [9.17, 15) is 0 Å². The van der Waals surface area contributed by atoms with Crippen LogP contribution in [0.25, 0.3) is 0 Å². The minimum absolute atomic E-state index is 0.154. The molecule has 26 heavy (non-hydrogen) atoms. The van der Waals surface area contributed by atoms with Crippen molar-refractivity contribution in [3.63, 3.8) is 0 Å². The predicted octanol–water partition coefficient (Wildman–Crippen LogP) is 5.35. The van der Waals surface area contributed by atoms with E-state index in [2.05, 4.69) is 71.9 Å². The SMILES string of the molecule is CCn1c(SCc2ccc(C)cc2)nnc1C(C)Oc1ccc(C)cc1. The van der Waals surface area contributed by atoms with Gasteiger partial charge in [-0.1, -0.05) is 59.3 Å². The molecule has 2 aromatic carbocycles. The fraction of sp³-hybridized carbons (Fsp3) is 0.333. The first-order valence-electron chi connectivity index (χ1n) is 8.91. The van der Waals surface area contributed by atoms with Crippen LogP contribution in [0.4, 0.5) is 0 Å². The molecule has 0 radical (unpaired) electrons. The summed E-state index contributed by atoms with van der Waals surface area (Å²) in [5.41, 5.74) is 3.79. The zero-order valence-electron chi connectivity index (χ0n) is 15.8. The van der Waals surface area contributed by atoms with E-state index in [1.54, 1.807) is 11.8 Å². The maximum atomic E-state index is 6.05. The minimum atomic E-state index is -0.154. The molecule has 5 heteroatoms. The molecule has 1 heterocycles. The molecule has 0 aliphatic carbocycles. The van der Waals surface area contributed by atoms with Crippen LogP contribution in [0.3, 0.4) is 0 Å². The number of benzene rings is 2. The number of rotatable bonds is 7. The van der Waals surface area contributed by atoms with Crippen molar-refractivity contribution in [3.8, 4) is 5.75 Å². The van der Waals surface area contributed by atoms with Crippen molar-refractivity contribution in [1.82, 2.24) is 14.8 Å². The van der Waals surface area contributed by atoms with Crippen LogP contribution in [-0.2, 0) is 12.3 Å². The van der Waals surface area contributed by atoms with Gasteiger partial charge in [-0.2, -0.15) is 0 Å². The van der Waals surface area contributed by atoms with Crippen LogP contribution in [0.2, 0.25) is 0 Å². The normalized spacial score (nSPS) is 12.2. The summed E-state index contributed by atoms with van der Waals surface area (Å²) in [6.45, 7) is 9.12. The molecular weight excluding hydrogens is 342 g/mol. The molecule has 0 aliphatic heterocycles. The van der Waals surface area contributed by atoms with Gasteiger partial charge in [-0.3, -0.25) is 0 Å². The molecule has 0 amide bonds. The molecule has 0 bridgehead atoms. The van der Waals surface area contributed by atoms with Crippen LogP contribution >= 0.6 is 11.8 Å². The molecule has 0 saturated carbocycles. The molecule has 4 nitrogen and oxygen atoms in total. The van der Waals surface area contributed by atoms with E-state index in [4.69, 9.17) is 4.74 Å². The second-order valence-electron chi connectivity index (χ2n) is 6.43. The Labute approximate surface area is 159 Å².